The highest BCUT2D eigenvalue weighted by molar-refractivity contribution is 7.16. The molecule has 0 aliphatic rings. The fourth-order valence-electron chi connectivity index (χ4n) is 2.58. The predicted octanol–water partition coefficient (Wildman–Crippen LogP) is 3.25. The minimum atomic E-state index is -1.07. The van der Waals surface area contributed by atoms with E-state index in [4.69, 9.17) is 5.73 Å². The van der Waals surface area contributed by atoms with E-state index in [0.29, 0.717) is 4.70 Å². The van der Waals surface area contributed by atoms with Crippen molar-refractivity contribution in [3.63, 3.8) is 0 Å². The fourth-order valence-corrected chi connectivity index (χ4v) is 3.26. The largest absolute Gasteiger partial charge is 0.320 e. The molecule has 3 rings (SSSR count). The number of rotatable bonds is 4. The van der Waals surface area contributed by atoms with E-state index in [1.807, 2.05) is 0 Å². The van der Waals surface area contributed by atoms with Gasteiger partial charge in [-0.15, -0.1) is 11.3 Å². The third-order valence-corrected chi connectivity index (χ3v) is 4.60. The summed E-state index contributed by atoms with van der Waals surface area (Å²) >= 11 is 1.29. The van der Waals surface area contributed by atoms with Gasteiger partial charge in [-0.3, -0.25) is 4.79 Å². The lowest BCUT2D eigenvalue weighted by atomic mass is 10.0. The van der Waals surface area contributed by atoms with Gasteiger partial charge in [0, 0.05) is 13.1 Å². The third-order valence-electron chi connectivity index (χ3n) is 3.81. The Morgan fingerprint density at radius 2 is 1.92 bits per heavy atom. The first-order valence-electron chi connectivity index (χ1n) is 7.36. The number of carbonyl (C=O) groups excluding carboxylic acids is 1. The van der Waals surface area contributed by atoms with Gasteiger partial charge in [0.2, 0.25) is 5.91 Å². The molecule has 0 aliphatic carbocycles. The third kappa shape index (κ3) is 3.49. The van der Waals surface area contributed by atoms with E-state index in [2.05, 4.69) is 4.98 Å². The molecular formula is C17H14F3N3OS. The van der Waals surface area contributed by atoms with Crippen LogP contribution in [-0.4, -0.2) is 24.0 Å². The zero-order chi connectivity index (χ0) is 18.1. The molecule has 4 nitrogen and oxygen atoms in total. The molecule has 0 bridgehead atoms. The SMILES string of the molecule is CN(C(=O)[C@@H](N)Cc1cc(F)cc(F)c1)c1ccc2scnc2c1F. The highest BCUT2D eigenvalue weighted by Gasteiger charge is 2.23. The first-order valence-corrected chi connectivity index (χ1v) is 8.24. The Balaban J connectivity index is 1.81. The minimum Gasteiger partial charge on any atom is -0.320 e. The van der Waals surface area contributed by atoms with Crippen LogP contribution in [0.5, 0.6) is 0 Å². The van der Waals surface area contributed by atoms with Crippen LogP contribution in [0.1, 0.15) is 5.56 Å². The molecule has 2 N–H and O–H groups in total. The van der Waals surface area contributed by atoms with Crippen molar-refractivity contribution in [3.05, 3.63) is 58.9 Å². The molecule has 1 atom stereocenters. The number of halogens is 3. The maximum atomic E-state index is 14.5. The number of hydrogen-bond donors (Lipinski definition) is 1. The standard InChI is InChI=1S/C17H14F3N3OS/c1-23(13-2-3-14-16(15(13)20)22-8-25-14)17(24)12(21)6-9-4-10(18)7-11(19)5-9/h2-5,7-8,12H,6,21H2,1H3/t12-/m0/s1. The normalized spacial score (nSPS) is 12.4. The number of fused-ring (bicyclic) bond motifs is 1. The molecule has 130 valence electrons. The topological polar surface area (TPSA) is 59.2 Å². The maximum Gasteiger partial charge on any atom is 0.244 e. The molecule has 0 aliphatic heterocycles. The summed E-state index contributed by atoms with van der Waals surface area (Å²) in [5, 5.41) is 0. The second-order valence-corrected chi connectivity index (χ2v) is 6.47. The average molecular weight is 365 g/mol. The van der Waals surface area contributed by atoms with Gasteiger partial charge in [-0.05, 0) is 36.2 Å². The summed E-state index contributed by atoms with van der Waals surface area (Å²) < 4.78 is 41.7. The summed E-state index contributed by atoms with van der Waals surface area (Å²) in [5.74, 6) is -2.68. The molecule has 2 aromatic carbocycles. The van der Waals surface area contributed by atoms with Gasteiger partial charge in [-0.25, -0.2) is 18.2 Å². The van der Waals surface area contributed by atoms with Gasteiger partial charge in [0.25, 0.3) is 0 Å². The van der Waals surface area contributed by atoms with E-state index < -0.39 is 29.4 Å². The summed E-state index contributed by atoms with van der Waals surface area (Å²) in [6, 6.07) is 5.03. The Bertz CT molecular complexity index is 924. The van der Waals surface area contributed by atoms with Crippen molar-refractivity contribution in [2.75, 3.05) is 11.9 Å². The van der Waals surface area contributed by atoms with Crippen LogP contribution in [-0.2, 0) is 11.2 Å². The van der Waals surface area contributed by atoms with Crippen LogP contribution < -0.4 is 10.6 Å². The Hall–Kier alpha value is -2.45. The molecule has 1 heterocycles. The van der Waals surface area contributed by atoms with Crippen molar-refractivity contribution in [3.8, 4) is 0 Å². The zero-order valence-corrected chi connectivity index (χ0v) is 14.0. The van der Waals surface area contributed by atoms with Crippen LogP contribution in [0.15, 0.2) is 35.8 Å². The number of hydrogen-bond acceptors (Lipinski definition) is 4. The molecule has 0 radical (unpaired) electrons. The van der Waals surface area contributed by atoms with Crippen LogP contribution in [0.25, 0.3) is 10.2 Å². The van der Waals surface area contributed by atoms with E-state index in [9.17, 15) is 18.0 Å². The Morgan fingerprint density at radius 1 is 1.24 bits per heavy atom. The van der Waals surface area contributed by atoms with Gasteiger partial charge in [0.05, 0.1) is 21.9 Å². The van der Waals surface area contributed by atoms with Crippen molar-refractivity contribution in [2.24, 2.45) is 5.73 Å². The molecular weight excluding hydrogens is 351 g/mol. The zero-order valence-electron chi connectivity index (χ0n) is 13.2. The van der Waals surface area contributed by atoms with E-state index in [1.165, 1.54) is 30.0 Å². The number of aromatic nitrogens is 1. The molecule has 0 saturated heterocycles. The Labute approximate surface area is 145 Å². The van der Waals surface area contributed by atoms with Crippen LogP contribution >= 0.6 is 11.3 Å². The molecule has 0 fully saturated rings. The van der Waals surface area contributed by atoms with E-state index in [-0.39, 0.29) is 23.2 Å². The molecule has 0 unspecified atom stereocenters. The number of nitrogens with zero attached hydrogens (tertiary/aromatic N) is 2. The Kier molecular flexibility index (Phi) is 4.73. The lowest BCUT2D eigenvalue weighted by molar-refractivity contribution is -0.119. The maximum absolute atomic E-state index is 14.5. The molecule has 1 aromatic heterocycles. The first-order chi connectivity index (χ1) is 11.9. The number of carbonyl (C=O) groups is 1. The fraction of sp³-hybridized carbons (Fsp3) is 0.176. The predicted molar refractivity (Wildman–Crippen MR) is 91.0 cm³/mol. The molecule has 3 aromatic rings. The number of nitrogens with two attached hydrogens (primary N) is 1. The van der Waals surface area contributed by atoms with Crippen molar-refractivity contribution >= 4 is 33.1 Å². The number of likely N-dealkylation sites (N-methyl/N-ethyl adjacent to an activating group) is 1. The van der Waals surface area contributed by atoms with Crippen molar-refractivity contribution in [2.45, 2.75) is 12.5 Å². The molecule has 0 saturated carbocycles. The number of benzene rings is 2. The van der Waals surface area contributed by atoms with Crippen LogP contribution in [0.4, 0.5) is 18.9 Å². The van der Waals surface area contributed by atoms with Crippen molar-refractivity contribution in [1.82, 2.24) is 4.98 Å². The monoisotopic (exact) mass is 365 g/mol. The second kappa shape index (κ2) is 6.81. The van der Waals surface area contributed by atoms with Crippen LogP contribution in [0.2, 0.25) is 0 Å². The first kappa shape index (κ1) is 17.4. The summed E-state index contributed by atoms with van der Waals surface area (Å²) in [4.78, 5) is 17.5. The Morgan fingerprint density at radius 3 is 2.60 bits per heavy atom. The summed E-state index contributed by atoms with van der Waals surface area (Å²) in [5.41, 5.74) is 7.86. The molecule has 25 heavy (non-hydrogen) atoms. The van der Waals surface area contributed by atoms with Gasteiger partial charge >= 0.3 is 0 Å². The molecule has 0 spiro atoms. The quantitative estimate of drug-likeness (QED) is 0.772. The lowest BCUT2D eigenvalue weighted by Gasteiger charge is -2.22. The van der Waals surface area contributed by atoms with Crippen LogP contribution in [0.3, 0.4) is 0 Å². The second-order valence-electron chi connectivity index (χ2n) is 5.58. The summed E-state index contributed by atoms with van der Waals surface area (Å²) in [7, 11) is 1.39. The number of thiazole rings is 1. The molecule has 1 amide bonds. The summed E-state index contributed by atoms with van der Waals surface area (Å²) in [6.45, 7) is 0. The van der Waals surface area contributed by atoms with Crippen molar-refractivity contribution in [1.29, 1.82) is 0 Å². The number of anilines is 1. The summed E-state index contributed by atoms with van der Waals surface area (Å²) in [6.07, 6.45) is -0.0710. The average Bonchev–Trinajstić information content (AvgIpc) is 3.02. The number of amides is 1. The highest BCUT2D eigenvalue weighted by atomic mass is 32.1. The van der Waals surface area contributed by atoms with E-state index >= 15 is 0 Å². The van der Waals surface area contributed by atoms with Crippen LogP contribution in [0, 0.1) is 17.5 Å². The molecule has 8 heteroatoms. The minimum absolute atomic E-state index is 0.0456. The van der Waals surface area contributed by atoms with E-state index in [0.717, 1.165) is 23.1 Å². The van der Waals surface area contributed by atoms with Gasteiger partial charge in [0.15, 0.2) is 5.82 Å². The smallest absolute Gasteiger partial charge is 0.244 e. The van der Waals surface area contributed by atoms with Crippen molar-refractivity contribution < 1.29 is 18.0 Å². The lowest BCUT2D eigenvalue weighted by Crippen LogP contribution is -2.43. The van der Waals surface area contributed by atoms with Gasteiger partial charge < -0.3 is 10.6 Å². The highest BCUT2D eigenvalue weighted by Crippen LogP contribution is 2.28. The van der Waals surface area contributed by atoms with Gasteiger partial charge in [-0.1, -0.05) is 0 Å². The van der Waals surface area contributed by atoms with Gasteiger partial charge in [0.1, 0.15) is 17.2 Å². The van der Waals surface area contributed by atoms with Gasteiger partial charge in [-0.2, -0.15) is 0 Å². The van der Waals surface area contributed by atoms with E-state index in [1.54, 1.807) is 6.07 Å².